The van der Waals surface area contributed by atoms with Gasteiger partial charge in [-0.1, -0.05) is 54.2 Å². The van der Waals surface area contributed by atoms with Gasteiger partial charge in [0.25, 0.3) is 0 Å². The van der Waals surface area contributed by atoms with Crippen molar-refractivity contribution in [2.75, 3.05) is 5.32 Å². The largest absolute Gasteiger partial charge is 0.360 e. The molecular weight excluding hydrogens is 412 g/mol. The van der Waals surface area contributed by atoms with E-state index in [-0.39, 0.29) is 11.2 Å². The van der Waals surface area contributed by atoms with E-state index in [1.54, 1.807) is 25.4 Å². The third-order valence-corrected chi connectivity index (χ3v) is 5.95. The molecule has 0 aliphatic rings. The van der Waals surface area contributed by atoms with Crippen LogP contribution in [-0.2, 0) is 11.3 Å². The van der Waals surface area contributed by atoms with Crippen LogP contribution >= 0.6 is 11.8 Å². The molecule has 0 saturated carbocycles. The molecule has 0 radical (unpaired) electrons. The average molecular weight is 435 g/mol. The number of nitrogens with zero attached hydrogens (tertiary/aromatic N) is 5. The Morgan fingerprint density at radius 1 is 1.19 bits per heavy atom. The molecule has 1 unspecified atom stereocenters. The van der Waals surface area contributed by atoms with Crippen molar-refractivity contribution < 1.29 is 9.32 Å². The summed E-state index contributed by atoms with van der Waals surface area (Å²) in [7, 11) is 0. The van der Waals surface area contributed by atoms with Crippen molar-refractivity contribution in [2.45, 2.75) is 37.2 Å². The number of thioether (sulfide) groups is 1. The lowest BCUT2D eigenvalue weighted by molar-refractivity contribution is -0.115. The van der Waals surface area contributed by atoms with Crippen molar-refractivity contribution in [1.82, 2.24) is 24.9 Å². The molecule has 8 nitrogen and oxygen atoms in total. The molecule has 0 aliphatic carbocycles. The van der Waals surface area contributed by atoms with Crippen LogP contribution in [0.15, 0.2) is 70.6 Å². The Hall–Kier alpha value is -3.46. The summed E-state index contributed by atoms with van der Waals surface area (Å²) < 4.78 is 7.05. The predicted octanol–water partition coefficient (Wildman–Crippen LogP) is 4.19. The third-order valence-electron chi connectivity index (χ3n) is 4.61. The summed E-state index contributed by atoms with van der Waals surface area (Å²) in [5.41, 5.74) is 1.98. The van der Waals surface area contributed by atoms with E-state index in [1.807, 2.05) is 41.8 Å². The Morgan fingerprint density at radius 2 is 2.03 bits per heavy atom. The molecule has 4 aromatic rings. The third kappa shape index (κ3) is 5.00. The van der Waals surface area contributed by atoms with Crippen LogP contribution < -0.4 is 5.32 Å². The van der Waals surface area contributed by atoms with Crippen LogP contribution in [0.25, 0.3) is 11.4 Å². The maximum absolute atomic E-state index is 12.8. The second-order valence-electron chi connectivity index (χ2n) is 6.95. The minimum absolute atomic E-state index is 0.155. The zero-order valence-electron chi connectivity index (χ0n) is 17.2. The summed E-state index contributed by atoms with van der Waals surface area (Å²) in [5, 5.41) is 15.8. The minimum Gasteiger partial charge on any atom is -0.360 e. The normalized spacial score (nSPS) is 11.9. The quantitative estimate of drug-likeness (QED) is 0.415. The van der Waals surface area contributed by atoms with E-state index in [0.717, 1.165) is 11.1 Å². The number of rotatable bonds is 8. The zero-order valence-corrected chi connectivity index (χ0v) is 18.0. The molecule has 1 aromatic carbocycles. The maximum atomic E-state index is 12.8. The van der Waals surface area contributed by atoms with Gasteiger partial charge in [0.05, 0.1) is 11.8 Å². The van der Waals surface area contributed by atoms with Gasteiger partial charge < -0.3 is 9.84 Å². The van der Waals surface area contributed by atoms with Gasteiger partial charge in [-0.3, -0.25) is 14.3 Å². The summed E-state index contributed by atoms with van der Waals surface area (Å²) in [5.74, 6) is 1.60. The molecule has 1 N–H and O–H groups in total. The number of anilines is 1. The Morgan fingerprint density at radius 3 is 2.71 bits per heavy atom. The number of carbonyl (C=O) groups excluding carboxylic acids is 1. The molecule has 0 saturated heterocycles. The van der Waals surface area contributed by atoms with E-state index in [4.69, 9.17) is 4.52 Å². The fourth-order valence-electron chi connectivity index (χ4n) is 3.07. The molecule has 4 rings (SSSR count). The molecule has 31 heavy (non-hydrogen) atoms. The summed E-state index contributed by atoms with van der Waals surface area (Å²) in [6.45, 7) is 4.33. The predicted molar refractivity (Wildman–Crippen MR) is 119 cm³/mol. The number of hydrogen-bond donors (Lipinski definition) is 1. The standard InChI is InChI=1S/C22H22N6O2S/c1-3-18(21(29)24-19-12-15(2)30-27-19)31-22-26-25-20(17-10-7-11-23-13-17)28(22)14-16-8-5-4-6-9-16/h4-13,18H,3,14H2,1-2H3,(H,24,27,29). The van der Waals surface area contributed by atoms with Crippen molar-refractivity contribution >= 4 is 23.5 Å². The Labute approximate surface area is 184 Å². The number of amides is 1. The van der Waals surface area contributed by atoms with Crippen LogP contribution in [0.5, 0.6) is 0 Å². The number of hydrogen-bond acceptors (Lipinski definition) is 7. The molecular formula is C22H22N6O2S. The Bertz CT molecular complexity index is 1140. The van der Waals surface area contributed by atoms with Gasteiger partial charge in [0.15, 0.2) is 16.8 Å². The highest BCUT2D eigenvalue weighted by Crippen LogP contribution is 2.29. The first-order valence-electron chi connectivity index (χ1n) is 9.92. The molecule has 1 amide bonds. The van der Waals surface area contributed by atoms with Crippen molar-refractivity contribution in [3.63, 3.8) is 0 Å². The highest BCUT2D eigenvalue weighted by molar-refractivity contribution is 8.00. The van der Waals surface area contributed by atoms with E-state index < -0.39 is 0 Å². The second-order valence-corrected chi connectivity index (χ2v) is 8.12. The van der Waals surface area contributed by atoms with Gasteiger partial charge >= 0.3 is 0 Å². The lowest BCUT2D eigenvalue weighted by atomic mass is 10.2. The summed E-state index contributed by atoms with van der Waals surface area (Å²) in [6.07, 6.45) is 4.10. The van der Waals surface area contributed by atoms with Crippen LogP contribution in [0.4, 0.5) is 5.82 Å². The zero-order chi connectivity index (χ0) is 21.6. The number of benzene rings is 1. The molecule has 0 aliphatic heterocycles. The topological polar surface area (TPSA) is 98.7 Å². The van der Waals surface area contributed by atoms with Gasteiger partial charge in [-0.15, -0.1) is 10.2 Å². The summed E-state index contributed by atoms with van der Waals surface area (Å²) in [4.78, 5) is 17.0. The molecule has 158 valence electrons. The van der Waals surface area contributed by atoms with Crippen molar-refractivity contribution in [2.24, 2.45) is 0 Å². The van der Waals surface area contributed by atoms with Crippen LogP contribution in [-0.4, -0.2) is 36.1 Å². The number of aryl methyl sites for hydroxylation is 1. The summed E-state index contributed by atoms with van der Waals surface area (Å²) >= 11 is 1.38. The smallest absolute Gasteiger partial charge is 0.239 e. The van der Waals surface area contributed by atoms with E-state index in [0.29, 0.717) is 35.5 Å². The van der Waals surface area contributed by atoms with E-state index >= 15 is 0 Å². The number of carbonyl (C=O) groups is 1. The van der Waals surface area contributed by atoms with E-state index in [9.17, 15) is 4.79 Å². The van der Waals surface area contributed by atoms with Crippen molar-refractivity contribution in [3.8, 4) is 11.4 Å². The molecule has 9 heteroatoms. The SMILES string of the molecule is CCC(Sc1nnc(-c2cccnc2)n1Cc1ccccc1)C(=O)Nc1cc(C)on1. The lowest BCUT2D eigenvalue weighted by Crippen LogP contribution is -2.25. The Balaban J connectivity index is 1.61. The first kappa shape index (κ1) is 20.8. The lowest BCUT2D eigenvalue weighted by Gasteiger charge is -2.15. The fourth-order valence-corrected chi connectivity index (χ4v) is 4.03. The van der Waals surface area contributed by atoms with E-state index in [1.165, 1.54) is 11.8 Å². The first-order chi connectivity index (χ1) is 15.1. The van der Waals surface area contributed by atoms with Gasteiger partial charge in [-0.05, 0) is 31.0 Å². The summed E-state index contributed by atoms with van der Waals surface area (Å²) in [6, 6.07) is 15.6. The Kier molecular flexibility index (Phi) is 6.42. The van der Waals surface area contributed by atoms with Gasteiger partial charge in [-0.25, -0.2) is 0 Å². The molecule has 0 fully saturated rings. The first-order valence-corrected chi connectivity index (χ1v) is 10.8. The van der Waals surface area contributed by atoms with Crippen molar-refractivity contribution in [1.29, 1.82) is 0 Å². The molecule has 3 aromatic heterocycles. The van der Waals surface area contributed by atoms with E-state index in [2.05, 4.69) is 37.8 Å². The van der Waals surface area contributed by atoms with Crippen LogP contribution in [0.1, 0.15) is 24.7 Å². The van der Waals surface area contributed by atoms with Gasteiger partial charge in [0.1, 0.15) is 5.76 Å². The highest BCUT2D eigenvalue weighted by atomic mass is 32.2. The van der Waals surface area contributed by atoms with Crippen LogP contribution in [0.2, 0.25) is 0 Å². The molecule has 1 atom stereocenters. The number of aromatic nitrogens is 5. The molecule has 0 bridgehead atoms. The van der Waals surface area contributed by atoms with Crippen LogP contribution in [0.3, 0.4) is 0 Å². The monoisotopic (exact) mass is 434 g/mol. The minimum atomic E-state index is -0.363. The van der Waals surface area contributed by atoms with Gasteiger partial charge in [0, 0.05) is 24.0 Å². The number of nitrogens with one attached hydrogen (secondary N) is 1. The average Bonchev–Trinajstić information content (AvgIpc) is 3.39. The van der Waals surface area contributed by atoms with Gasteiger partial charge in [0.2, 0.25) is 5.91 Å². The van der Waals surface area contributed by atoms with Gasteiger partial charge in [-0.2, -0.15) is 0 Å². The fraction of sp³-hybridized carbons (Fsp3) is 0.227. The second kappa shape index (κ2) is 9.57. The van der Waals surface area contributed by atoms with Crippen molar-refractivity contribution in [3.05, 3.63) is 72.2 Å². The highest BCUT2D eigenvalue weighted by Gasteiger charge is 2.24. The maximum Gasteiger partial charge on any atom is 0.239 e. The number of pyridine rings is 1. The van der Waals surface area contributed by atoms with Crippen LogP contribution in [0, 0.1) is 6.92 Å². The molecule has 0 spiro atoms. The molecule has 3 heterocycles.